The molecule has 2 aromatic carbocycles. The van der Waals surface area contributed by atoms with Gasteiger partial charge in [-0.2, -0.15) is 0 Å². The lowest BCUT2D eigenvalue weighted by Crippen LogP contribution is -2.51. The molecule has 2 unspecified atom stereocenters. The Labute approximate surface area is 224 Å². The quantitative estimate of drug-likeness (QED) is 0.456. The average molecular weight is 573 g/mol. The molecule has 2 saturated heterocycles. The second-order valence-corrected chi connectivity index (χ2v) is 13.4. The van der Waals surface area contributed by atoms with E-state index in [1.54, 1.807) is 25.7 Å². The summed E-state index contributed by atoms with van der Waals surface area (Å²) in [5, 5.41) is 1.29. The van der Waals surface area contributed by atoms with Gasteiger partial charge in [0.05, 0.1) is 15.2 Å². The van der Waals surface area contributed by atoms with E-state index in [0.717, 1.165) is 6.07 Å². The van der Waals surface area contributed by atoms with E-state index in [2.05, 4.69) is 5.32 Å². The molecule has 4 rings (SSSR count). The molecule has 2 fully saturated rings. The highest BCUT2D eigenvalue weighted by Gasteiger charge is 2.51. The molecule has 4 atom stereocenters. The first-order chi connectivity index (χ1) is 17.6. The van der Waals surface area contributed by atoms with E-state index in [0.29, 0.717) is 18.6 Å². The van der Waals surface area contributed by atoms with Crippen molar-refractivity contribution in [3.63, 3.8) is 0 Å². The van der Waals surface area contributed by atoms with Crippen LogP contribution in [0.2, 0.25) is 5.02 Å². The van der Waals surface area contributed by atoms with E-state index in [4.69, 9.17) is 16.3 Å². The Kier molecular flexibility index (Phi) is 7.48. The zero-order valence-corrected chi connectivity index (χ0v) is 22.8. The number of sulfone groups is 1. The molecule has 2 aliphatic rings. The van der Waals surface area contributed by atoms with Crippen LogP contribution in [-0.4, -0.2) is 48.3 Å². The number of nitrogens with zero attached hydrogens (tertiary/aromatic N) is 1. The molecule has 2 amide bonds. The Morgan fingerprint density at radius 2 is 1.68 bits per heavy atom. The predicted molar refractivity (Wildman–Crippen MR) is 135 cm³/mol. The molecule has 1 N–H and O–H groups in total. The van der Waals surface area contributed by atoms with Gasteiger partial charge in [-0.25, -0.2) is 26.4 Å². The largest absolute Gasteiger partial charge is 0.444 e. The van der Waals surface area contributed by atoms with Gasteiger partial charge in [0.25, 0.3) is 5.91 Å². The molecule has 0 saturated carbocycles. The Morgan fingerprint density at radius 3 is 2.26 bits per heavy atom. The third-order valence-electron chi connectivity index (χ3n) is 6.88. The summed E-state index contributed by atoms with van der Waals surface area (Å²) >= 11 is 6.26. The summed E-state index contributed by atoms with van der Waals surface area (Å²) in [5.41, 5.74) is -1.16. The topological polar surface area (TPSA) is 92.8 Å². The van der Waals surface area contributed by atoms with Crippen LogP contribution in [0, 0.1) is 23.4 Å². The number of nitrogens with one attached hydrogen (secondary N) is 1. The van der Waals surface area contributed by atoms with Gasteiger partial charge in [0, 0.05) is 35.5 Å². The second-order valence-electron chi connectivity index (χ2n) is 10.8. The van der Waals surface area contributed by atoms with Crippen molar-refractivity contribution in [3.05, 3.63) is 58.4 Å². The highest BCUT2D eigenvalue weighted by molar-refractivity contribution is 7.92. The lowest BCUT2D eigenvalue weighted by molar-refractivity contribution is 0.00640. The van der Waals surface area contributed by atoms with Crippen LogP contribution in [0.4, 0.5) is 23.7 Å². The van der Waals surface area contributed by atoms with Crippen molar-refractivity contribution in [1.29, 1.82) is 0 Å². The maximum atomic E-state index is 13.7. The molecule has 0 radical (unpaired) electrons. The van der Waals surface area contributed by atoms with Crippen molar-refractivity contribution in [2.75, 3.05) is 5.32 Å². The van der Waals surface area contributed by atoms with Crippen molar-refractivity contribution in [1.82, 2.24) is 4.90 Å². The third-order valence-corrected chi connectivity index (χ3v) is 9.53. The Bertz CT molecular complexity index is 1370. The normalized spacial score (nSPS) is 23.3. The van der Waals surface area contributed by atoms with Gasteiger partial charge in [-0.05, 0) is 64.2 Å². The SMILES string of the molecule is C[C@H]1CC2C[C@@H](S(=O)(=O)c3cc(C(=O)Nc4cc(F)c(F)c(F)c4)ccc3Cl)CC1N2C(=O)OC(C)(C)C. The molecule has 7 nitrogen and oxygen atoms in total. The summed E-state index contributed by atoms with van der Waals surface area (Å²) in [7, 11) is -4.03. The molecule has 12 heteroatoms. The van der Waals surface area contributed by atoms with E-state index in [1.165, 1.54) is 12.1 Å². The summed E-state index contributed by atoms with van der Waals surface area (Å²) in [6.07, 6.45) is 0.526. The van der Waals surface area contributed by atoms with Crippen LogP contribution in [0.1, 0.15) is 57.3 Å². The molecule has 2 heterocycles. The first-order valence-electron chi connectivity index (χ1n) is 12.1. The molecule has 0 aromatic heterocycles. The molecular formula is C26H28ClF3N2O5S. The molecule has 2 aromatic rings. The molecule has 206 valence electrons. The fourth-order valence-corrected chi connectivity index (χ4v) is 7.55. The smallest absolute Gasteiger partial charge is 0.410 e. The van der Waals surface area contributed by atoms with Crippen molar-refractivity contribution in [3.8, 4) is 0 Å². The average Bonchev–Trinajstić information content (AvgIpc) is 3.00. The van der Waals surface area contributed by atoms with Gasteiger partial charge in [-0.15, -0.1) is 0 Å². The number of amides is 2. The fraction of sp³-hybridized carbons (Fsp3) is 0.462. The van der Waals surface area contributed by atoms with Gasteiger partial charge in [0.1, 0.15) is 5.60 Å². The highest BCUT2D eigenvalue weighted by Crippen LogP contribution is 2.44. The summed E-state index contributed by atoms with van der Waals surface area (Å²) in [6.45, 7) is 7.26. The van der Waals surface area contributed by atoms with Crippen molar-refractivity contribution < 1.29 is 35.9 Å². The molecule has 2 aliphatic heterocycles. The first-order valence-corrected chi connectivity index (χ1v) is 14.0. The number of hydrogen-bond acceptors (Lipinski definition) is 5. The molecule has 0 spiro atoms. The van der Waals surface area contributed by atoms with E-state index >= 15 is 0 Å². The van der Waals surface area contributed by atoms with Crippen molar-refractivity contribution in [2.45, 2.75) is 74.8 Å². The summed E-state index contributed by atoms with van der Waals surface area (Å²) in [5.74, 6) is -5.44. The first kappa shape index (κ1) is 28.2. The second kappa shape index (κ2) is 10.1. The van der Waals surface area contributed by atoms with E-state index in [1.807, 2.05) is 6.92 Å². The number of fused-ring (bicyclic) bond motifs is 2. The van der Waals surface area contributed by atoms with Crippen LogP contribution >= 0.6 is 11.6 Å². The summed E-state index contributed by atoms with van der Waals surface area (Å²) in [4.78, 5) is 27.0. The van der Waals surface area contributed by atoms with Crippen molar-refractivity contribution >= 4 is 39.1 Å². The number of rotatable bonds is 4. The molecule has 38 heavy (non-hydrogen) atoms. The Morgan fingerprint density at radius 1 is 1.05 bits per heavy atom. The van der Waals surface area contributed by atoms with Gasteiger partial charge in [0.15, 0.2) is 27.3 Å². The number of piperidine rings is 1. The van der Waals surface area contributed by atoms with Crippen molar-refractivity contribution in [2.24, 2.45) is 5.92 Å². The van der Waals surface area contributed by atoms with Gasteiger partial charge in [0.2, 0.25) is 0 Å². The number of carbonyl (C=O) groups excluding carboxylic acids is 2. The third kappa shape index (κ3) is 5.49. The number of benzene rings is 2. The number of carbonyl (C=O) groups is 2. The monoisotopic (exact) mass is 572 g/mol. The van der Waals surface area contributed by atoms with Crippen LogP contribution in [-0.2, 0) is 14.6 Å². The highest BCUT2D eigenvalue weighted by atomic mass is 35.5. The van der Waals surface area contributed by atoms with Gasteiger partial charge < -0.3 is 15.0 Å². The molecule has 2 bridgehead atoms. The van der Waals surface area contributed by atoms with Gasteiger partial charge in [-0.1, -0.05) is 18.5 Å². The maximum absolute atomic E-state index is 13.7. The fourth-order valence-electron chi connectivity index (χ4n) is 5.20. The lowest BCUT2D eigenvalue weighted by atomic mass is 9.99. The maximum Gasteiger partial charge on any atom is 0.410 e. The van der Waals surface area contributed by atoms with Crippen LogP contribution in [0.3, 0.4) is 0 Å². The van der Waals surface area contributed by atoms with Crippen LogP contribution in [0.5, 0.6) is 0 Å². The molecule has 0 aliphatic carbocycles. The summed E-state index contributed by atoms with van der Waals surface area (Å²) in [6, 6.07) is 4.18. The standard InChI is InChI=1S/C26H28ClF3N2O5S/c1-13-7-16-11-17(12-21(13)32(16)25(34)37-26(2,3)4)38(35,36)22-8-14(5-6-18(22)27)24(33)31-15-9-19(28)23(30)20(29)10-15/h5-6,8-10,13,16-17,21H,7,11-12H2,1-4H3,(H,31,33)/t13-,16?,17+,21?/m0/s1. The van der Waals surface area contributed by atoms with Crippen LogP contribution in [0.15, 0.2) is 35.2 Å². The zero-order valence-electron chi connectivity index (χ0n) is 21.2. The van der Waals surface area contributed by atoms with Crippen LogP contribution < -0.4 is 5.32 Å². The Hall–Kier alpha value is -2.79. The lowest BCUT2D eigenvalue weighted by Gasteiger charge is -2.39. The Balaban J connectivity index is 1.57. The predicted octanol–water partition coefficient (Wildman–Crippen LogP) is 5.96. The minimum atomic E-state index is -4.03. The number of halogens is 4. The van der Waals surface area contributed by atoms with Gasteiger partial charge in [-0.3, -0.25) is 4.79 Å². The molecular weight excluding hydrogens is 545 g/mol. The van der Waals surface area contributed by atoms with E-state index < -0.39 is 50.1 Å². The summed E-state index contributed by atoms with van der Waals surface area (Å²) < 4.78 is 73.3. The number of ether oxygens (including phenoxy) is 1. The van der Waals surface area contributed by atoms with E-state index in [9.17, 15) is 31.2 Å². The zero-order chi connectivity index (χ0) is 28.2. The minimum absolute atomic E-state index is 0.0665. The van der Waals surface area contributed by atoms with Gasteiger partial charge >= 0.3 is 6.09 Å². The number of hydrogen-bond donors (Lipinski definition) is 1. The van der Waals surface area contributed by atoms with Crippen LogP contribution in [0.25, 0.3) is 0 Å². The number of anilines is 1. The van der Waals surface area contributed by atoms with E-state index in [-0.39, 0.29) is 52.0 Å². The minimum Gasteiger partial charge on any atom is -0.444 e.